The van der Waals surface area contributed by atoms with Crippen LogP contribution >= 0.6 is 11.8 Å². The third kappa shape index (κ3) is 3.98. The molecule has 0 radical (unpaired) electrons. The van der Waals surface area contributed by atoms with Gasteiger partial charge in [-0.05, 0) is 82.1 Å². The number of carbonyl (C=O) groups excluding carboxylic acids is 2. The van der Waals surface area contributed by atoms with Gasteiger partial charge in [0.1, 0.15) is 5.03 Å². The maximum absolute atomic E-state index is 12.7. The highest BCUT2D eigenvalue weighted by Gasteiger charge is 2.40. The minimum Gasteiger partial charge on any atom is -0.347 e. The highest BCUT2D eigenvalue weighted by molar-refractivity contribution is 7.99. The van der Waals surface area contributed by atoms with Crippen LogP contribution in [0.25, 0.3) is 0 Å². The summed E-state index contributed by atoms with van der Waals surface area (Å²) >= 11 is 1.51. The fourth-order valence-corrected chi connectivity index (χ4v) is 4.98. The molecule has 1 N–H and O–H groups in total. The van der Waals surface area contributed by atoms with Crippen molar-refractivity contribution in [1.29, 1.82) is 0 Å². The van der Waals surface area contributed by atoms with E-state index in [4.69, 9.17) is 0 Å². The molecule has 0 saturated carbocycles. The van der Waals surface area contributed by atoms with Gasteiger partial charge in [-0.15, -0.1) is 0 Å². The van der Waals surface area contributed by atoms with Gasteiger partial charge in [-0.2, -0.15) is 0 Å². The van der Waals surface area contributed by atoms with E-state index in [0.29, 0.717) is 23.1 Å². The number of aromatic nitrogens is 1. The number of pyridine rings is 1. The Kier molecular flexibility index (Phi) is 5.51. The summed E-state index contributed by atoms with van der Waals surface area (Å²) in [6.45, 7) is 6.07. The summed E-state index contributed by atoms with van der Waals surface area (Å²) in [5.74, 6) is 0.616. The smallest absolute Gasteiger partial charge is 0.251 e. The Labute approximate surface area is 169 Å². The SMILES string of the molecule is CC(=O)c1ccc(Sc2ccc(C(=O)NC3C4CCN(CC4)C3C)cc2)nc1. The van der Waals surface area contributed by atoms with Gasteiger partial charge in [0, 0.05) is 34.3 Å². The van der Waals surface area contributed by atoms with Crippen molar-refractivity contribution < 1.29 is 9.59 Å². The Hall–Kier alpha value is -2.18. The molecule has 1 aromatic heterocycles. The number of hydrogen-bond acceptors (Lipinski definition) is 5. The van der Waals surface area contributed by atoms with Crippen molar-refractivity contribution in [2.45, 2.75) is 48.7 Å². The maximum atomic E-state index is 12.7. The molecule has 0 spiro atoms. The zero-order chi connectivity index (χ0) is 19.7. The number of Topliss-reactive ketones (excluding diaryl/α,β-unsaturated/α-hetero) is 1. The lowest BCUT2D eigenvalue weighted by atomic mass is 9.79. The van der Waals surface area contributed by atoms with E-state index in [2.05, 4.69) is 22.1 Å². The fourth-order valence-electron chi connectivity index (χ4n) is 4.22. The van der Waals surface area contributed by atoms with E-state index in [0.717, 1.165) is 23.0 Å². The number of ketones is 1. The molecule has 146 valence electrons. The summed E-state index contributed by atoms with van der Waals surface area (Å²) in [5.41, 5.74) is 1.30. The molecule has 0 aliphatic carbocycles. The van der Waals surface area contributed by atoms with Crippen LogP contribution in [0.3, 0.4) is 0 Å². The first-order valence-electron chi connectivity index (χ1n) is 9.81. The molecule has 2 atom stereocenters. The molecule has 1 amide bonds. The molecule has 1 aromatic carbocycles. The Bertz CT molecular complexity index is 856. The molecular weight excluding hydrogens is 370 g/mol. The second-order valence-electron chi connectivity index (χ2n) is 7.68. The number of amides is 1. The van der Waals surface area contributed by atoms with Crippen molar-refractivity contribution in [3.63, 3.8) is 0 Å². The number of nitrogens with zero attached hydrogens (tertiary/aromatic N) is 2. The average Bonchev–Trinajstić information content (AvgIpc) is 2.72. The van der Waals surface area contributed by atoms with Gasteiger partial charge < -0.3 is 5.32 Å². The lowest BCUT2D eigenvalue weighted by molar-refractivity contribution is 0.0217. The van der Waals surface area contributed by atoms with Crippen molar-refractivity contribution >= 4 is 23.5 Å². The molecule has 5 rings (SSSR count). The van der Waals surface area contributed by atoms with Crippen molar-refractivity contribution in [3.8, 4) is 0 Å². The summed E-state index contributed by atoms with van der Waals surface area (Å²) < 4.78 is 0. The molecule has 2 unspecified atom stereocenters. The normalized spacial score (nSPS) is 26.1. The summed E-state index contributed by atoms with van der Waals surface area (Å²) in [5, 5.41) is 4.09. The first-order valence-corrected chi connectivity index (χ1v) is 10.6. The molecule has 28 heavy (non-hydrogen) atoms. The van der Waals surface area contributed by atoms with Gasteiger partial charge >= 0.3 is 0 Å². The molecule has 3 aliphatic heterocycles. The van der Waals surface area contributed by atoms with E-state index in [1.54, 1.807) is 12.3 Å². The van der Waals surface area contributed by atoms with Crippen LogP contribution in [0, 0.1) is 5.92 Å². The maximum Gasteiger partial charge on any atom is 0.251 e. The van der Waals surface area contributed by atoms with E-state index in [9.17, 15) is 9.59 Å². The van der Waals surface area contributed by atoms with Crippen LogP contribution in [0.4, 0.5) is 0 Å². The van der Waals surface area contributed by atoms with Gasteiger partial charge in [0.05, 0.1) is 0 Å². The van der Waals surface area contributed by atoms with E-state index in [1.165, 1.54) is 31.5 Å². The minimum atomic E-state index is 0.00564. The van der Waals surface area contributed by atoms with Gasteiger partial charge in [-0.25, -0.2) is 4.98 Å². The molecule has 5 nitrogen and oxygen atoms in total. The summed E-state index contributed by atoms with van der Waals surface area (Å²) in [7, 11) is 0. The largest absolute Gasteiger partial charge is 0.347 e. The number of nitrogens with one attached hydrogen (secondary N) is 1. The second-order valence-corrected chi connectivity index (χ2v) is 8.77. The predicted octanol–water partition coefficient (Wildman–Crippen LogP) is 3.65. The van der Waals surface area contributed by atoms with Crippen LogP contribution in [0.2, 0.25) is 0 Å². The van der Waals surface area contributed by atoms with Crippen LogP contribution in [-0.2, 0) is 0 Å². The number of carbonyl (C=O) groups is 2. The zero-order valence-electron chi connectivity index (χ0n) is 16.2. The lowest BCUT2D eigenvalue weighted by Gasteiger charge is -2.49. The van der Waals surface area contributed by atoms with Gasteiger partial charge in [-0.3, -0.25) is 14.5 Å². The highest BCUT2D eigenvalue weighted by Crippen LogP contribution is 2.32. The molecule has 3 aliphatic rings. The minimum absolute atomic E-state index is 0.00564. The Morgan fingerprint density at radius 1 is 1.07 bits per heavy atom. The molecule has 2 bridgehead atoms. The van der Waals surface area contributed by atoms with Crippen LogP contribution in [0.1, 0.15) is 47.4 Å². The monoisotopic (exact) mass is 395 g/mol. The van der Waals surface area contributed by atoms with Crippen molar-refractivity contribution in [2.75, 3.05) is 13.1 Å². The topological polar surface area (TPSA) is 62.3 Å². The third-order valence-electron chi connectivity index (χ3n) is 5.96. The van der Waals surface area contributed by atoms with Gasteiger partial charge in [-0.1, -0.05) is 11.8 Å². The molecule has 2 aromatic rings. The van der Waals surface area contributed by atoms with Crippen LogP contribution in [0.5, 0.6) is 0 Å². The van der Waals surface area contributed by atoms with Gasteiger partial charge in [0.25, 0.3) is 5.91 Å². The van der Waals surface area contributed by atoms with E-state index >= 15 is 0 Å². The molecule has 4 heterocycles. The average molecular weight is 396 g/mol. The fraction of sp³-hybridized carbons (Fsp3) is 0.409. The Balaban J connectivity index is 1.38. The lowest BCUT2D eigenvalue weighted by Crippen LogP contribution is -2.62. The molecule has 3 saturated heterocycles. The van der Waals surface area contributed by atoms with Crippen LogP contribution in [0.15, 0.2) is 52.5 Å². The second kappa shape index (κ2) is 8.05. The predicted molar refractivity (Wildman–Crippen MR) is 110 cm³/mol. The summed E-state index contributed by atoms with van der Waals surface area (Å²) in [6, 6.07) is 11.9. The number of benzene rings is 1. The number of hydrogen-bond donors (Lipinski definition) is 1. The van der Waals surface area contributed by atoms with E-state index in [-0.39, 0.29) is 17.7 Å². The van der Waals surface area contributed by atoms with Crippen LogP contribution in [-0.4, -0.2) is 46.7 Å². The number of fused-ring (bicyclic) bond motifs is 3. The summed E-state index contributed by atoms with van der Waals surface area (Å²) in [6.07, 6.45) is 3.96. The Morgan fingerprint density at radius 3 is 2.32 bits per heavy atom. The van der Waals surface area contributed by atoms with Crippen molar-refractivity contribution in [2.24, 2.45) is 5.92 Å². The third-order valence-corrected chi connectivity index (χ3v) is 6.92. The standard InChI is InChI=1S/C22H25N3O2S/c1-14-21(16-9-11-25(14)12-10-16)24-22(27)17-3-6-19(7-4-17)28-20-8-5-18(13-23-20)15(2)26/h3-8,13-14,16,21H,9-12H2,1-2H3,(H,24,27). The first kappa shape index (κ1) is 19.2. The Morgan fingerprint density at radius 2 is 1.75 bits per heavy atom. The van der Waals surface area contributed by atoms with Crippen LogP contribution < -0.4 is 5.32 Å². The van der Waals surface area contributed by atoms with Crippen molar-refractivity contribution in [3.05, 3.63) is 53.7 Å². The highest BCUT2D eigenvalue weighted by atomic mass is 32.2. The first-order chi connectivity index (χ1) is 13.5. The molecule has 6 heteroatoms. The number of rotatable bonds is 5. The van der Waals surface area contributed by atoms with Gasteiger partial charge in [0.15, 0.2) is 5.78 Å². The van der Waals surface area contributed by atoms with Gasteiger partial charge in [0.2, 0.25) is 0 Å². The van der Waals surface area contributed by atoms with Crippen molar-refractivity contribution in [1.82, 2.24) is 15.2 Å². The van der Waals surface area contributed by atoms with E-state index < -0.39 is 0 Å². The quantitative estimate of drug-likeness (QED) is 0.783. The molecule has 3 fully saturated rings. The molecular formula is C22H25N3O2S. The number of piperidine rings is 3. The van der Waals surface area contributed by atoms with E-state index in [1.807, 2.05) is 30.3 Å². The zero-order valence-corrected chi connectivity index (χ0v) is 17.0. The summed E-state index contributed by atoms with van der Waals surface area (Å²) in [4.78, 5) is 31.9.